The van der Waals surface area contributed by atoms with Crippen LogP contribution < -0.4 is 0 Å². The molecule has 1 rings (SSSR count). The zero-order valence-corrected chi connectivity index (χ0v) is 27.4. The Balaban J connectivity index is 2.66. The van der Waals surface area contributed by atoms with Gasteiger partial charge in [-0.3, -0.25) is 48.4 Å². The number of carbonyl (C=O) groups excluding carboxylic acids is 2. The van der Waals surface area contributed by atoms with Crippen LogP contribution in [-0.4, -0.2) is 193 Å². The predicted octanol–water partition coefficient (Wildman–Crippen LogP) is -0.927. The van der Waals surface area contributed by atoms with E-state index in [0.29, 0.717) is 52.5 Å². The molecule has 0 saturated carbocycles. The van der Waals surface area contributed by atoms with Gasteiger partial charge in [0.2, 0.25) is 0 Å². The number of ketones is 2. The fourth-order valence-corrected chi connectivity index (χ4v) is 4.93. The smallest absolute Gasteiger partial charge is 0.320 e. The van der Waals surface area contributed by atoms with E-state index in [1.54, 1.807) is 19.6 Å². The fraction of sp³-hybridized carbons (Fsp3) is 0.800. The number of rotatable bonds is 24. The number of hydrogen-bond donors (Lipinski definition) is 4. The minimum absolute atomic E-state index is 0.0159. The summed E-state index contributed by atoms with van der Waals surface area (Å²) in [6, 6.07) is -1.05. The molecule has 0 bridgehead atoms. The zero-order valence-electron chi connectivity index (χ0n) is 27.4. The summed E-state index contributed by atoms with van der Waals surface area (Å²) in [6.45, 7) is 4.28. The van der Waals surface area contributed by atoms with E-state index in [1.165, 1.54) is 6.92 Å². The number of ether oxygens (including phenoxy) is 3. The Morgan fingerprint density at radius 2 is 0.957 bits per heavy atom. The molecule has 270 valence electrons. The van der Waals surface area contributed by atoms with Crippen LogP contribution in [0.5, 0.6) is 0 Å². The van der Waals surface area contributed by atoms with Gasteiger partial charge in [0.25, 0.3) is 0 Å². The Labute approximate surface area is 275 Å². The van der Waals surface area contributed by atoms with E-state index >= 15 is 0 Å². The first-order chi connectivity index (χ1) is 22.4. The molecule has 1 aliphatic rings. The number of carbonyl (C=O) groups is 6. The number of aliphatic carboxylic acids is 4. The molecule has 1 aliphatic heterocycles. The van der Waals surface area contributed by atoms with Crippen molar-refractivity contribution >= 4 is 35.4 Å². The van der Waals surface area contributed by atoms with E-state index in [1.807, 2.05) is 0 Å². The lowest BCUT2D eigenvalue weighted by molar-refractivity contribution is -0.145. The predicted molar refractivity (Wildman–Crippen MR) is 166 cm³/mol. The number of carboxylic acid groups (broad SMARTS) is 4. The second-order valence-electron chi connectivity index (χ2n) is 11.4. The molecule has 1 atom stereocenters. The molecule has 17 nitrogen and oxygen atoms in total. The summed E-state index contributed by atoms with van der Waals surface area (Å²) >= 11 is 0. The largest absolute Gasteiger partial charge is 0.480 e. The van der Waals surface area contributed by atoms with Gasteiger partial charge in [-0.1, -0.05) is 0 Å². The molecule has 1 unspecified atom stereocenters. The van der Waals surface area contributed by atoms with E-state index in [2.05, 4.69) is 0 Å². The second kappa shape index (κ2) is 25.0. The average molecular weight is 677 g/mol. The van der Waals surface area contributed by atoms with Crippen molar-refractivity contribution in [2.24, 2.45) is 0 Å². The molecule has 1 heterocycles. The van der Waals surface area contributed by atoms with Crippen molar-refractivity contribution in [1.82, 2.24) is 19.6 Å². The summed E-state index contributed by atoms with van der Waals surface area (Å²) in [5, 5.41) is 38.2. The van der Waals surface area contributed by atoms with E-state index in [4.69, 9.17) is 14.2 Å². The summed E-state index contributed by atoms with van der Waals surface area (Å²) < 4.78 is 16.1. The van der Waals surface area contributed by atoms with Crippen LogP contribution in [0.2, 0.25) is 0 Å². The average Bonchev–Trinajstić information content (AvgIpc) is 2.97. The van der Waals surface area contributed by atoms with Gasteiger partial charge >= 0.3 is 23.9 Å². The highest BCUT2D eigenvalue weighted by molar-refractivity contribution is 5.80. The topological polar surface area (TPSA) is 224 Å². The first-order valence-electron chi connectivity index (χ1n) is 15.9. The molecule has 0 aromatic carbocycles. The van der Waals surface area contributed by atoms with Gasteiger partial charge < -0.3 is 34.6 Å². The number of carboxylic acids is 4. The quantitative estimate of drug-likeness (QED) is 0.0907. The van der Waals surface area contributed by atoms with Gasteiger partial charge in [0.1, 0.15) is 17.6 Å². The van der Waals surface area contributed by atoms with Gasteiger partial charge in [-0.05, 0) is 19.8 Å². The Morgan fingerprint density at radius 1 is 0.553 bits per heavy atom. The highest BCUT2D eigenvalue weighted by atomic mass is 16.5. The standard InChI is InChI=1S/C30H52N4O13/c1-24(35)6-16-46-18-20-47-19-17-45-15-2-3-25(36)4-5-26(30(43)44)34-13-11-32(22-28(39)40)9-7-31(21-27(37)38)8-10-33(12-14-34)23-29(41)42/h26H,2-23H2,1H3,(H,37,38)(H,39,40)(H,41,42)(H,43,44). The van der Waals surface area contributed by atoms with Crippen LogP contribution in [0.25, 0.3) is 0 Å². The molecule has 0 radical (unpaired) electrons. The van der Waals surface area contributed by atoms with E-state index < -0.39 is 29.9 Å². The minimum atomic E-state index is -1.14. The minimum Gasteiger partial charge on any atom is -0.480 e. The van der Waals surface area contributed by atoms with Crippen LogP contribution >= 0.6 is 0 Å². The number of hydrogen-bond acceptors (Lipinski definition) is 13. The Bertz CT molecular complexity index is 951. The van der Waals surface area contributed by atoms with Crippen LogP contribution in [0.3, 0.4) is 0 Å². The van der Waals surface area contributed by atoms with Crippen molar-refractivity contribution in [3.63, 3.8) is 0 Å². The molecule has 17 heteroatoms. The lowest BCUT2D eigenvalue weighted by Crippen LogP contribution is -2.51. The zero-order chi connectivity index (χ0) is 35.0. The molecular formula is C30H52N4O13. The maximum absolute atomic E-state index is 12.6. The van der Waals surface area contributed by atoms with Crippen LogP contribution in [0.4, 0.5) is 0 Å². The number of Topliss-reactive ketones (excluding diaryl/α,β-unsaturated/α-hetero) is 2. The highest BCUT2D eigenvalue weighted by Gasteiger charge is 2.28. The first-order valence-corrected chi connectivity index (χ1v) is 15.9. The van der Waals surface area contributed by atoms with Crippen molar-refractivity contribution in [1.29, 1.82) is 0 Å². The Morgan fingerprint density at radius 3 is 1.36 bits per heavy atom. The highest BCUT2D eigenvalue weighted by Crippen LogP contribution is 2.12. The molecule has 47 heavy (non-hydrogen) atoms. The molecule has 4 N–H and O–H groups in total. The van der Waals surface area contributed by atoms with Gasteiger partial charge in [-0.2, -0.15) is 0 Å². The van der Waals surface area contributed by atoms with Crippen LogP contribution in [0.15, 0.2) is 0 Å². The molecule has 0 aromatic heterocycles. The lowest BCUT2D eigenvalue weighted by Gasteiger charge is -2.35. The van der Waals surface area contributed by atoms with Crippen LogP contribution in [0, 0.1) is 0 Å². The maximum Gasteiger partial charge on any atom is 0.320 e. The third kappa shape index (κ3) is 22.2. The van der Waals surface area contributed by atoms with E-state index in [0.717, 1.165) is 0 Å². The second-order valence-corrected chi connectivity index (χ2v) is 11.4. The first kappa shape index (κ1) is 42.0. The van der Waals surface area contributed by atoms with Gasteiger partial charge in [-0.15, -0.1) is 0 Å². The summed E-state index contributed by atoms with van der Waals surface area (Å²) in [5.74, 6) is -4.41. The van der Waals surface area contributed by atoms with E-state index in [-0.39, 0.29) is 103 Å². The van der Waals surface area contributed by atoms with Crippen molar-refractivity contribution in [3.05, 3.63) is 0 Å². The number of nitrogens with zero attached hydrogens (tertiary/aromatic N) is 4. The van der Waals surface area contributed by atoms with Crippen LogP contribution in [0.1, 0.15) is 39.0 Å². The normalized spacial score (nSPS) is 17.0. The summed E-state index contributed by atoms with van der Waals surface area (Å²) in [4.78, 5) is 76.6. The van der Waals surface area contributed by atoms with Crippen molar-refractivity contribution < 1.29 is 63.4 Å². The lowest BCUT2D eigenvalue weighted by atomic mass is 10.0. The third-order valence-electron chi connectivity index (χ3n) is 7.46. The summed E-state index contributed by atoms with van der Waals surface area (Å²) in [5.41, 5.74) is 0. The molecule has 0 spiro atoms. The Hall–Kier alpha value is -3.06. The van der Waals surface area contributed by atoms with Gasteiger partial charge in [0.05, 0.1) is 52.7 Å². The molecule has 1 fully saturated rings. The van der Waals surface area contributed by atoms with Crippen molar-refractivity contribution in [3.8, 4) is 0 Å². The molecule has 0 amide bonds. The third-order valence-corrected chi connectivity index (χ3v) is 7.46. The van der Waals surface area contributed by atoms with Crippen LogP contribution in [-0.2, 0) is 43.0 Å². The molecule has 1 saturated heterocycles. The maximum atomic E-state index is 12.6. The SMILES string of the molecule is CC(=O)CCOCCOCCOCCCC(=O)CCC(C(=O)O)N1CCN(CC(=O)O)CCN(CC(=O)O)CCN(CC(=O)O)CC1. The molecule has 0 aromatic rings. The Kier molecular flexibility index (Phi) is 22.3. The van der Waals surface area contributed by atoms with Gasteiger partial charge in [0, 0.05) is 78.2 Å². The summed E-state index contributed by atoms with van der Waals surface area (Å²) in [7, 11) is 0. The van der Waals surface area contributed by atoms with Gasteiger partial charge in [0.15, 0.2) is 0 Å². The van der Waals surface area contributed by atoms with Crippen molar-refractivity contribution in [2.45, 2.75) is 45.1 Å². The van der Waals surface area contributed by atoms with Crippen molar-refractivity contribution in [2.75, 3.05) is 112 Å². The monoisotopic (exact) mass is 676 g/mol. The summed E-state index contributed by atoms with van der Waals surface area (Å²) in [6.07, 6.45) is 1.09. The molecule has 0 aliphatic carbocycles. The van der Waals surface area contributed by atoms with E-state index in [9.17, 15) is 49.2 Å². The molecular weight excluding hydrogens is 624 g/mol. The fourth-order valence-electron chi connectivity index (χ4n) is 4.93. The van der Waals surface area contributed by atoms with Gasteiger partial charge in [-0.25, -0.2) is 0 Å².